The van der Waals surface area contributed by atoms with Crippen molar-refractivity contribution in [3.05, 3.63) is 35.6 Å². The van der Waals surface area contributed by atoms with Crippen molar-refractivity contribution >= 4 is 5.91 Å². The molecule has 1 N–H and O–H groups in total. The number of carbonyl (C=O) groups is 1. The van der Waals surface area contributed by atoms with Gasteiger partial charge in [0, 0.05) is 51.9 Å². The molecule has 1 amide bonds. The summed E-state index contributed by atoms with van der Waals surface area (Å²) in [7, 11) is 0. The standard InChI is InChI=1S/C21H31FN4O/c22-18-6-4-17(5-7-18)15-25-11-2-1-3-20(25)21(27)26-12-8-19(16-26)24-13-9-23-10-14-24/h4-7,19-20,23H,1-3,8-16H2. The van der Waals surface area contributed by atoms with Gasteiger partial charge in [-0.15, -0.1) is 0 Å². The van der Waals surface area contributed by atoms with E-state index in [9.17, 15) is 9.18 Å². The first-order chi connectivity index (χ1) is 13.2. The fourth-order valence-corrected chi connectivity index (χ4v) is 4.78. The van der Waals surface area contributed by atoms with Crippen LogP contribution >= 0.6 is 0 Å². The fourth-order valence-electron chi connectivity index (χ4n) is 4.78. The number of likely N-dealkylation sites (tertiary alicyclic amines) is 2. The van der Waals surface area contributed by atoms with E-state index in [-0.39, 0.29) is 11.9 Å². The molecule has 0 saturated carbocycles. The number of nitrogens with zero attached hydrogens (tertiary/aromatic N) is 3. The average Bonchev–Trinajstić information content (AvgIpc) is 3.21. The van der Waals surface area contributed by atoms with Crippen LogP contribution in [0.2, 0.25) is 0 Å². The molecule has 0 bridgehead atoms. The Morgan fingerprint density at radius 2 is 1.81 bits per heavy atom. The van der Waals surface area contributed by atoms with Crippen LogP contribution in [-0.4, -0.2) is 78.5 Å². The van der Waals surface area contributed by atoms with Crippen LogP contribution in [0.3, 0.4) is 0 Å². The smallest absolute Gasteiger partial charge is 0.239 e. The van der Waals surface area contributed by atoms with Gasteiger partial charge in [0.15, 0.2) is 0 Å². The lowest BCUT2D eigenvalue weighted by Gasteiger charge is -2.37. The maximum absolute atomic E-state index is 13.3. The maximum atomic E-state index is 13.3. The summed E-state index contributed by atoms with van der Waals surface area (Å²) in [5.74, 6) is 0.0930. The molecule has 4 rings (SSSR count). The van der Waals surface area contributed by atoms with Crippen molar-refractivity contribution in [2.45, 2.75) is 44.3 Å². The zero-order valence-corrected chi connectivity index (χ0v) is 16.1. The van der Waals surface area contributed by atoms with Crippen LogP contribution in [0.15, 0.2) is 24.3 Å². The maximum Gasteiger partial charge on any atom is 0.239 e. The van der Waals surface area contributed by atoms with E-state index >= 15 is 0 Å². The largest absolute Gasteiger partial charge is 0.340 e. The van der Waals surface area contributed by atoms with Crippen molar-refractivity contribution in [2.75, 3.05) is 45.8 Å². The summed E-state index contributed by atoms with van der Waals surface area (Å²) in [6, 6.07) is 7.18. The van der Waals surface area contributed by atoms with Crippen molar-refractivity contribution in [3.63, 3.8) is 0 Å². The highest BCUT2D eigenvalue weighted by atomic mass is 19.1. The van der Waals surface area contributed by atoms with Gasteiger partial charge >= 0.3 is 0 Å². The Hall–Kier alpha value is -1.50. The fraction of sp³-hybridized carbons (Fsp3) is 0.667. The molecule has 0 spiro atoms. The highest BCUT2D eigenvalue weighted by molar-refractivity contribution is 5.82. The Bertz CT molecular complexity index is 632. The van der Waals surface area contributed by atoms with Crippen molar-refractivity contribution in [1.29, 1.82) is 0 Å². The van der Waals surface area contributed by atoms with E-state index in [0.29, 0.717) is 11.9 Å². The molecule has 3 saturated heterocycles. The molecule has 27 heavy (non-hydrogen) atoms. The number of rotatable bonds is 4. The summed E-state index contributed by atoms with van der Waals surface area (Å²) in [6.07, 6.45) is 4.28. The molecule has 1 aromatic carbocycles. The second kappa shape index (κ2) is 8.67. The number of nitrogens with one attached hydrogen (secondary N) is 1. The van der Waals surface area contributed by atoms with Crippen molar-refractivity contribution in [1.82, 2.24) is 20.0 Å². The molecule has 6 heteroatoms. The Balaban J connectivity index is 1.37. The minimum absolute atomic E-state index is 0.0226. The first kappa shape index (κ1) is 18.8. The highest BCUT2D eigenvalue weighted by Crippen LogP contribution is 2.24. The van der Waals surface area contributed by atoms with Gasteiger partial charge in [-0.1, -0.05) is 18.6 Å². The summed E-state index contributed by atoms with van der Waals surface area (Å²) in [5, 5.41) is 3.40. The first-order valence-electron chi connectivity index (χ1n) is 10.4. The molecule has 2 atom stereocenters. The summed E-state index contributed by atoms with van der Waals surface area (Å²) < 4.78 is 13.2. The minimum Gasteiger partial charge on any atom is -0.340 e. The lowest BCUT2D eigenvalue weighted by molar-refractivity contribution is -0.137. The molecule has 5 nitrogen and oxygen atoms in total. The molecule has 3 aliphatic rings. The third-order valence-electron chi connectivity index (χ3n) is 6.34. The van der Waals surface area contributed by atoms with E-state index in [1.165, 1.54) is 12.1 Å². The summed E-state index contributed by atoms with van der Waals surface area (Å²) in [6.45, 7) is 7.72. The topological polar surface area (TPSA) is 38.8 Å². The van der Waals surface area contributed by atoms with Gasteiger partial charge in [0.05, 0.1) is 6.04 Å². The number of carbonyl (C=O) groups excluding carboxylic acids is 1. The molecule has 3 fully saturated rings. The molecular weight excluding hydrogens is 343 g/mol. The summed E-state index contributed by atoms with van der Waals surface area (Å²) in [4.78, 5) is 20.2. The summed E-state index contributed by atoms with van der Waals surface area (Å²) >= 11 is 0. The molecule has 3 heterocycles. The molecule has 0 aliphatic carbocycles. The quantitative estimate of drug-likeness (QED) is 0.871. The van der Waals surface area contributed by atoms with Crippen LogP contribution in [0, 0.1) is 5.82 Å². The van der Waals surface area contributed by atoms with Crippen molar-refractivity contribution in [2.24, 2.45) is 0 Å². The predicted octanol–water partition coefficient (Wildman–Crippen LogP) is 1.69. The molecule has 0 aromatic heterocycles. The predicted molar refractivity (Wildman–Crippen MR) is 104 cm³/mol. The second-order valence-electron chi connectivity index (χ2n) is 8.12. The Labute approximate surface area is 161 Å². The van der Waals surface area contributed by atoms with Crippen LogP contribution in [0.1, 0.15) is 31.2 Å². The van der Waals surface area contributed by atoms with Crippen molar-refractivity contribution < 1.29 is 9.18 Å². The van der Waals surface area contributed by atoms with E-state index in [1.54, 1.807) is 0 Å². The molecular formula is C21H31FN4O. The third-order valence-corrected chi connectivity index (χ3v) is 6.34. The molecule has 2 unspecified atom stereocenters. The normalized spacial score (nSPS) is 27.8. The van der Waals surface area contributed by atoms with Gasteiger partial charge < -0.3 is 10.2 Å². The Kier molecular flexibility index (Phi) is 6.05. The third kappa shape index (κ3) is 4.50. The van der Waals surface area contributed by atoms with E-state index in [0.717, 1.165) is 83.6 Å². The molecule has 1 aromatic rings. The number of halogens is 1. The lowest BCUT2D eigenvalue weighted by atomic mass is 10.00. The number of hydrogen-bond acceptors (Lipinski definition) is 4. The molecule has 3 aliphatic heterocycles. The van der Waals surface area contributed by atoms with E-state index in [2.05, 4.69) is 20.0 Å². The second-order valence-corrected chi connectivity index (χ2v) is 8.12. The molecule has 0 radical (unpaired) electrons. The van der Waals surface area contributed by atoms with Crippen LogP contribution in [0.4, 0.5) is 4.39 Å². The van der Waals surface area contributed by atoms with Gasteiger partial charge in [-0.05, 0) is 43.5 Å². The molecule has 148 valence electrons. The zero-order valence-electron chi connectivity index (χ0n) is 16.1. The van der Waals surface area contributed by atoms with E-state index in [4.69, 9.17) is 0 Å². The van der Waals surface area contributed by atoms with Gasteiger partial charge in [-0.2, -0.15) is 0 Å². The minimum atomic E-state index is -0.207. The van der Waals surface area contributed by atoms with E-state index in [1.807, 2.05) is 12.1 Å². The number of hydrogen-bond donors (Lipinski definition) is 1. The zero-order chi connectivity index (χ0) is 18.6. The van der Waals surface area contributed by atoms with Gasteiger partial charge in [0.25, 0.3) is 0 Å². The van der Waals surface area contributed by atoms with Gasteiger partial charge in [0.1, 0.15) is 5.82 Å². The summed E-state index contributed by atoms with van der Waals surface area (Å²) in [5.41, 5.74) is 1.08. The Morgan fingerprint density at radius 1 is 1.04 bits per heavy atom. The highest BCUT2D eigenvalue weighted by Gasteiger charge is 2.36. The SMILES string of the molecule is O=C(C1CCCCN1Cc1ccc(F)cc1)N1CCC(N2CCNCC2)C1. The number of amides is 1. The van der Waals surface area contributed by atoms with Crippen LogP contribution in [0.5, 0.6) is 0 Å². The monoisotopic (exact) mass is 374 g/mol. The van der Waals surface area contributed by atoms with Crippen LogP contribution in [0.25, 0.3) is 0 Å². The Morgan fingerprint density at radius 3 is 2.59 bits per heavy atom. The van der Waals surface area contributed by atoms with Gasteiger partial charge in [0.2, 0.25) is 5.91 Å². The first-order valence-corrected chi connectivity index (χ1v) is 10.4. The average molecular weight is 375 g/mol. The lowest BCUT2D eigenvalue weighted by Crippen LogP contribution is -2.52. The van der Waals surface area contributed by atoms with Gasteiger partial charge in [-0.3, -0.25) is 14.6 Å². The van der Waals surface area contributed by atoms with Gasteiger partial charge in [-0.25, -0.2) is 4.39 Å². The van der Waals surface area contributed by atoms with Crippen LogP contribution < -0.4 is 5.32 Å². The van der Waals surface area contributed by atoms with E-state index < -0.39 is 0 Å². The number of piperidine rings is 1. The van der Waals surface area contributed by atoms with Crippen molar-refractivity contribution in [3.8, 4) is 0 Å². The van der Waals surface area contributed by atoms with Crippen LogP contribution in [-0.2, 0) is 11.3 Å². The number of piperazine rings is 1. The number of benzene rings is 1.